The number of imide groups is 1. The Morgan fingerprint density at radius 2 is 1.46 bits per heavy atom. The molecular weight excluding hydrogens is 490 g/mol. The lowest BCUT2D eigenvalue weighted by Crippen LogP contribution is -2.52. The number of rotatable bonds is 5. The van der Waals surface area contributed by atoms with Gasteiger partial charge in [0.2, 0.25) is 5.91 Å². The average molecular weight is 524 g/mol. The highest BCUT2D eigenvalue weighted by molar-refractivity contribution is 6.23. The third kappa shape index (κ3) is 4.75. The maximum absolute atomic E-state index is 13.4. The third-order valence-corrected chi connectivity index (χ3v) is 8.30. The van der Waals surface area contributed by atoms with E-state index in [0.717, 1.165) is 50.3 Å². The Morgan fingerprint density at radius 3 is 2.18 bits per heavy atom. The molecule has 8 heteroatoms. The zero-order valence-electron chi connectivity index (χ0n) is 22.3. The number of anilines is 2. The van der Waals surface area contributed by atoms with Gasteiger partial charge in [0.05, 0.1) is 23.4 Å². The lowest BCUT2D eigenvalue weighted by atomic mass is 9.93. The van der Waals surface area contributed by atoms with E-state index in [1.54, 1.807) is 18.5 Å². The Morgan fingerprint density at radius 1 is 0.795 bits per heavy atom. The van der Waals surface area contributed by atoms with Crippen LogP contribution in [0.3, 0.4) is 0 Å². The highest BCUT2D eigenvalue weighted by Gasteiger charge is 2.39. The van der Waals surface area contributed by atoms with Gasteiger partial charge in [-0.05, 0) is 61.2 Å². The molecule has 0 saturated carbocycles. The molecule has 0 aliphatic carbocycles. The maximum Gasteiger partial charge on any atom is 0.263 e. The van der Waals surface area contributed by atoms with Crippen molar-refractivity contribution in [2.75, 3.05) is 49.1 Å². The van der Waals surface area contributed by atoms with E-state index in [4.69, 9.17) is 0 Å². The minimum Gasteiger partial charge on any atom is -0.371 e. The SMILES string of the molecule is Cc1ccccc1N1CCN(C(=O)C2CCN(c3cccc4c3C(=O)N(Cc3ccncc3)C4=O)CC2)CC1. The van der Waals surface area contributed by atoms with Crippen molar-refractivity contribution in [3.63, 3.8) is 0 Å². The number of hydrogen-bond acceptors (Lipinski definition) is 6. The fourth-order valence-corrected chi connectivity index (χ4v) is 6.11. The molecule has 0 N–H and O–H groups in total. The van der Waals surface area contributed by atoms with E-state index >= 15 is 0 Å². The number of pyridine rings is 1. The smallest absolute Gasteiger partial charge is 0.263 e. The van der Waals surface area contributed by atoms with Gasteiger partial charge in [0, 0.05) is 63.3 Å². The molecule has 0 spiro atoms. The van der Waals surface area contributed by atoms with Crippen molar-refractivity contribution >= 4 is 29.1 Å². The molecular formula is C31H33N5O3. The molecule has 0 radical (unpaired) electrons. The quantitative estimate of drug-likeness (QED) is 0.474. The van der Waals surface area contributed by atoms with Crippen LogP contribution in [-0.4, -0.2) is 71.8 Å². The molecule has 3 amide bonds. The molecule has 2 fully saturated rings. The van der Waals surface area contributed by atoms with Gasteiger partial charge in [0.1, 0.15) is 0 Å². The summed E-state index contributed by atoms with van der Waals surface area (Å²) < 4.78 is 0. The normalized spacial score (nSPS) is 18.1. The van der Waals surface area contributed by atoms with Gasteiger partial charge in [-0.15, -0.1) is 0 Å². The first-order valence-electron chi connectivity index (χ1n) is 13.7. The largest absolute Gasteiger partial charge is 0.371 e. The van der Waals surface area contributed by atoms with Gasteiger partial charge in [-0.3, -0.25) is 24.3 Å². The first kappa shape index (κ1) is 25.1. The molecule has 4 heterocycles. The van der Waals surface area contributed by atoms with Crippen molar-refractivity contribution in [2.24, 2.45) is 5.92 Å². The van der Waals surface area contributed by atoms with Gasteiger partial charge in [-0.1, -0.05) is 24.3 Å². The van der Waals surface area contributed by atoms with Crippen LogP contribution >= 0.6 is 0 Å². The predicted octanol–water partition coefficient (Wildman–Crippen LogP) is 3.75. The summed E-state index contributed by atoms with van der Waals surface area (Å²) in [5, 5.41) is 0. The highest BCUT2D eigenvalue weighted by Crippen LogP contribution is 2.35. The second-order valence-electron chi connectivity index (χ2n) is 10.6. The fraction of sp³-hybridized carbons (Fsp3) is 0.355. The molecule has 2 aromatic carbocycles. The maximum atomic E-state index is 13.4. The number of carbonyl (C=O) groups is 3. The molecule has 0 unspecified atom stereocenters. The second-order valence-corrected chi connectivity index (χ2v) is 10.6. The summed E-state index contributed by atoms with van der Waals surface area (Å²) in [7, 11) is 0. The predicted molar refractivity (Wildman–Crippen MR) is 150 cm³/mol. The topological polar surface area (TPSA) is 77.1 Å². The molecule has 2 saturated heterocycles. The number of carbonyl (C=O) groups excluding carboxylic acids is 3. The number of para-hydroxylation sites is 1. The average Bonchev–Trinajstić information content (AvgIpc) is 3.23. The number of hydrogen-bond donors (Lipinski definition) is 0. The lowest BCUT2D eigenvalue weighted by Gasteiger charge is -2.40. The summed E-state index contributed by atoms with van der Waals surface area (Å²) in [5.41, 5.74) is 5.10. The van der Waals surface area contributed by atoms with Crippen LogP contribution in [0.2, 0.25) is 0 Å². The van der Waals surface area contributed by atoms with Crippen LogP contribution in [-0.2, 0) is 11.3 Å². The van der Waals surface area contributed by atoms with Crippen molar-refractivity contribution in [2.45, 2.75) is 26.3 Å². The number of aryl methyl sites for hydroxylation is 1. The number of piperazine rings is 1. The van der Waals surface area contributed by atoms with E-state index in [0.29, 0.717) is 24.2 Å². The zero-order valence-corrected chi connectivity index (χ0v) is 22.3. The minimum absolute atomic E-state index is 0.0106. The highest BCUT2D eigenvalue weighted by atomic mass is 16.2. The summed E-state index contributed by atoms with van der Waals surface area (Å²) in [6.07, 6.45) is 4.80. The number of fused-ring (bicyclic) bond motifs is 1. The first-order valence-corrected chi connectivity index (χ1v) is 13.7. The Balaban J connectivity index is 1.08. The van der Waals surface area contributed by atoms with Crippen LogP contribution in [0.5, 0.6) is 0 Å². The first-order chi connectivity index (χ1) is 19.0. The lowest BCUT2D eigenvalue weighted by molar-refractivity contribution is -0.136. The van der Waals surface area contributed by atoms with Gasteiger partial charge >= 0.3 is 0 Å². The summed E-state index contributed by atoms with van der Waals surface area (Å²) in [6.45, 7) is 6.89. The van der Waals surface area contributed by atoms with Crippen LogP contribution in [0.25, 0.3) is 0 Å². The fourth-order valence-electron chi connectivity index (χ4n) is 6.11. The van der Waals surface area contributed by atoms with Gasteiger partial charge < -0.3 is 14.7 Å². The van der Waals surface area contributed by atoms with Crippen molar-refractivity contribution in [3.05, 3.63) is 89.2 Å². The summed E-state index contributed by atoms with van der Waals surface area (Å²) >= 11 is 0. The number of nitrogens with zero attached hydrogens (tertiary/aromatic N) is 5. The van der Waals surface area contributed by atoms with Crippen LogP contribution in [0.4, 0.5) is 11.4 Å². The number of amides is 3. The van der Waals surface area contributed by atoms with E-state index in [1.807, 2.05) is 29.2 Å². The van der Waals surface area contributed by atoms with E-state index in [9.17, 15) is 14.4 Å². The van der Waals surface area contributed by atoms with Crippen molar-refractivity contribution < 1.29 is 14.4 Å². The molecule has 200 valence electrons. The molecule has 3 aliphatic heterocycles. The van der Waals surface area contributed by atoms with Crippen LogP contribution in [0.1, 0.15) is 44.7 Å². The van der Waals surface area contributed by atoms with Crippen LogP contribution in [0.15, 0.2) is 67.0 Å². The van der Waals surface area contributed by atoms with E-state index in [-0.39, 0.29) is 30.2 Å². The van der Waals surface area contributed by atoms with Gasteiger partial charge in [-0.25, -0.2) is 0 Å². The zero-order chi connectivity index (χ0) is 26.9. The summed E-state index contributed by atoms with van der Waals surface area (Å²) in [4.78, 5) is 51.8. The summed E-state index contributed by atoms with van der Waals surface area (Å²) in [6, 6.07) is 17.5. The summed E-state index contributed by atoms with van der Waals surface area (Å²) in [5.74, 6) is -0.286. The van der Waals surface area contributed by atoms with Gasteiger partial charge in [0.25, 0.3) is 11.8 Å². The van der Waals surface area contributed by atoms with Crippen molar-refractivity contribution in [1.82, 2.24) is 14.8 Å². The minimum atomic E-state index is -0.261. The second kappa shape index (κ2) is 10.5. The Kier molecular flexibility index (Phi) is 6.77. The Bertz CT molecular complexity index is 1390. The number of piperidine rings is 1. The molecule has 39 heavy (non-hydrogen) atoms. The number of benzene rings is 2. The van der Waals surface area contributed by atoms with Crippen molar-refractivity contribution in [3.8, 4) is 0 Å². The van der Waals surface area contributed by atoms with E-state index in [2.05, 4.69) is 46.0 Å². The molecule has 6 rings (SSSR count). The molecule has 3 aliphatic rings. The molecule has 3 aromatic rings. The van der Waals surface area contributed by atoms with Crippen LogP contribution < -0.4 is 9.80 Å². The molecule has 0 atom stereocenters. The van der Waals surface area contributed by atoms with Crippen molar-refractivity contribution in [1.29, 1.82) is 0 Å². The molecule has 8 nitrogen and oxygen atoms in total. The monoisotopic (exact) mass is 523 g/mol. The third-order valence-electron chi connectivity index (χ3n) is 8.30. The van der Waals surface area contributed by atoms with E-state index in [1.165, 1.54) is 16.2 Å². The standard InChI is InChI=1S/C31H33N5O3/c1-22-5-2-3-7-26(22)34-17-19-35(20-18-34)29(37)24-11-15-33(16-12-24)27-8-4-6-25-28(27)31(39)36(30(25)38)21-23-9-13-32-14-10-23/h2-10,13-14,24H,11-12,15-21H2,1H3. The molecule has 1 aromatic heterocycles. The van der Waals surface area contributed by atoms with E-state index < -0.39 is 0 Å². The Hall–Kier alpha value is -4.20. The van der Waals surface area contributed by atoms with Gasteiger partial charge in [-0.2, -0.15) is 0 Å². The Labute approximate surface area is 228 Å². The molecule has 0 bridgehead atoms. The van der Waals surface area contributed by atoms with Gasteiger partial charge in [0.15, 0.2) is 0 Å². The van der Waals surface area contributed by atoms with Crippen LogP contribution in [0, 0.1) is 12.8 Å². The number of aromatic nitrogens is 1.